The minimum atomic E-state index is -2.01. The number of halogens is 1. The third-order valence-electron chi connectivity index (χ3n) is 7.52. The summed E-state index contributed by atoms with van der Waals surface area (Å²) in [6, 6.07) is 11.9. The lowest BCUT2D eigenvalue weighted by Gasteiger charge is -2.38. The first-order valence-corrected chi connectivity index (χ1v) is 18.9. The van der Waals surface area contributed by atoms with Crippen LogP contribution in [0.1, 0.15) is 63.0 Å². The van der Waals surface area contributed by atoms with Crippen LogP contribution in [0.4, 0.5) is 0 Å². The van der Waals surface area contributed by atoms with Crippen molar-refractivity contribution in [3.63, 3.8) is 0 Å². The zero-order valence-electron chi connectivity index (χ0n) is 23.4. The number of ether oxygens (including phenoxy) is 1. The standard InChI is InChI=1S/C28H43BrO4Si2/c1-27(2,3)34(8,9)32-23-16-17-25(33-35(10,11)28(4,5)6)21(18-23)14-12-20-13-15-22(19-24(20)29)26(30)31-7/h13,15-19H,12,14H2,1-11H3. The van der Waals surface area contributed by atoms with Crippen molar-refractivity contribution in [2.24, 2.45) is 0 Å². The number of rotatable bonds is 8. The van der Waals surface area contributed by atoms with Gasteiger partial charge in [0.1, 0.15) is 11.5 Å². The van der Waals surface area contributed by atoms with E-state index in [-0.39, 0.29) is 16.0 Å². The number of esters is 1. The third kappa shape index (κ3) is 7.46. The Kier molecular flexibility index (Phi) is 9.16. The number of carbonyl (C=O) groups excluding carboxylic acids is 1. The molecule has 194 valence electrons. The summed E-state index contributed by atoms with van der Waals surface area (Å²) < 4.78 is 19.1. The number of hydrogen-bond acceptors (Lipinski definition) is 4. The minimum absolute atomic E-state index is 0.104. The molecule has 0 aromatic heterocycles. The lowest BCUT2D eigenvalue weighted by atomic mass is 10.0. The van der Waals surface area contributed by atoms with Gasteiger partial charge in [-0.1, -0.05) is 63.5 Å². The van der Waals surface area contributed by atoms with Crippen LogP contribution in [0.15, 0.2) is 40.9 Å². The molecular weight excluding hydrogens is 536 g/mol. The molecule has 4 nitrogen and oxygen atoms in total. The van der Waals surface area contributed by atoms with Crippen LogP contribution in [0.2, 0.25) is 36.3 Å². The summed E-state index contributed by atoms with van der Waals surface area (Å²) in [5, 5.41) is 0.225. The van der Waals surface area contributed by atoms with Gasteiger partial charge in [-0.2, -0.15) is 0 Å². The number of aryl methyl sites for hydroxylation is 2. The van der Waals surface area contributed by atoms with Crippen LogP contribution >= 0.6 is 15.9 Å². The predicted molar refractivity (Wildman–Crippen MR) is 155 cm³/mol. The Labute approximate surface area is 223 Å². The summed E-state index contributed by atoms with van der Waals surface area (Å²) in [6.07, 6.45) is 1.61. The first-order chi connectivity index (χ1) is 15.9. The molecule has 0 heterocycles. The highest BCUT2D eigenvalue weighted by atomic mass is 79.9. The van der Waals surface area contributed by atoms with E-state index in [2.05, 4.69) is 102 Å². The maximum Gasteiger partial charge on any atom is 0.337 e. The molecule has 0 amide bonds. The van der Waals surface area contributed by atoms with Crippen molar-refractivity contribution in [1.29, 1.82) is 0 Å². The monoisotopic (exact) mass is 578 g/mol. The van der Waals surface area contributed by atoms with Gasteiger partial charge in [0.15, 0.2) is 0 Å². The van der Waals surface area contributed by atoms with Crippen LogP contribution in [0.25, 0.3) is 0 Å². The first kappa shape index (κ1) is 29.7. The van der Waals surface area contributed by atoms with Crippen molar-refractivity contribution < 1.29 is 18.4 Å². The van der Waals surface area contributed by atoms with Gasteiger partial charge < -0.3 is 13.6 Å². The fourth-order valence-electron chi connectivity index (χ4n) is 3.05. The highest BCUT2D eigenvalue weighted by Gasteiger charge is 2.40. The molecule has 0 aliphatic carbocycles. The van der Waals surface area contributed by atoms with E-state index in [1.165, 1.54) is 7.11 Å². The van der Waals surface area contributed by atoms with E-state index in [1.54, 1.807) is 0 Å². The molecule has 2 aromatic rings. The molecule has 0 saturated heterocycles. The van der Waals surface area contributed by atoms with Gasteiger partial charge >= 0.3 is 5.97 Å². The molecule has 0 fully saturated rings. The Morgan fingerprint density at radius 2 is 1.34 bits per heavy atom. The van der Waals surface area contributed by atoms with Gasteiger partial charge in [-0.05, 0) is 90.6 Å². The molecule has 0 N–H and O–H groups in total. The second kappa shape index (κ2) is 10.8. The maximum absolute atomic E-state index is 11.9. The third-order valence-corrected chi connectivity index (χ3v) is 17.0. The Hall–Kier alpha value is -1.58. The fourth-order valence-corrected chi connectivity index (χ4v) is 5.71. The van der Waals surface area contributed by atoms with Crippen molar-refractivity contribution in [3.05, 3.63) is 57.6 Å². The summed E-state index contributed by atoms with van der Waals surface area (Å²) >= 11 is 3.64. The van der Waals surface area contributed by atoms with Gasteiger partial charge in [0.2, 0.25) is 16.6 Å². The Morgan fingerprint density at radius 3 is 1.86 bits per heavy atom. The van der Waals surface area contributed by atoms with E-state index >= 15 is 0 Å². The molecule has 0 aliphatic rings. The first-order valence-electron chi connectivity index (χ1n) is 12.3. The topological polar surface area (TPSA) is 44.8 Å². The molecular formula is C28H43BrO4Si2. The largest absolute Gasteiger partial charge is 0.543 e. The number of benzene rings is 2. The lowest BCUT2D eigenvalue weighted by molar-refractivity contribution is 0.0600. The highest BCUT2D eigenvalue weighted by molar-refractivity contribution is 9.10. The molecule has 2 rings (SSSR count). The Morgan fingerprint density at radius 1 is 0.800 bits per heavy atom. The molecule has 0 saturated carbocycles. The second-order valence-corrected chi connectivity index (χ2v) is 22.6. The van der Waals surface area contributed by atoms with Gasteiger partial charge in [-0.3, -0.25) is 0 Å². The average Bonchev–Trinajstić information content (AvgIpc) is 2.71. The molecule has 0 aliphatic heterocycles. The molecule has 0 bridgehead atoms. The van der Waals surface area contributed by atoms with Crippen LogP contribution in [-0.4, -0.2) is 29.7 Å². The fraction of sp³-hybridized carbons (Fsp3) is 0.536. The predicted octanol–water partition coefficient (Wildman–Crippen LogP) is 8.79. The van der Waals surface area contributed by atoms with Gasteiger partial charge in [0.25, 0.3) is 0 Å². The summed E-state index contributed by atoms with van der Waals surface area (Å²) in [5.41, 5.74) is 2.82. The second-order valence-electron chi connectivity index (χ2n) is 12.3. The van der Waals surface area contributed by atoms with Crippen LogP contribution in [0, 0.1) is 0 Å². The molecule has 0 radical (unpaired) electrons. The zero-order chi connectivity index (χ0) is 26.8. The number of methoxy groups -OCH3 is 1. The van der Waals surface area contributed by atoms with Gasteiger partial charge in [-0.25, -0.2) is 4.79 Å². The molecule has 35 heavy (non-hydrogen) atoms. The van der Waals surface area contributed by atoms with Gasteiger partial charge in [0, 0.05) is 4.47 Å². The molecule has 2 aromatic carbocycles. The molecule has 0 atom stereocenters. The lowest BCUT2D eigenvalue weighted by Crippen LogP contribution is -2.44. The summed E-state index contributed by atoms with van der Waals surface area (Å²) in [6.45, 7) is 22.6. The average molecular weight is 580 g/mol. The van der Waals surface area contributed by atoms with E-state index in [1.807, 2.05) is 18.2 Å². The quantitative estimate of drug-likeness (QED) is 0.232. The van der Waals surface area contributed by atoms with E-state index in [0.29, 0.717) is 5.56 Å². The smallest absolute Gasteiger partial charge is 0.337 e. The summed E-state index contributed by atoms with van der Waals surface area (Å²) in [4.78, 5) is 11.9. The maximum atomic E-state index is 11.9. The zero-order valence-corrected chi connectivity index (χ0v) is 27.0. The minimum Gasteiger partial charge on any atom is -0.543 e. The van der Waals surface area contributed by atoms with Crippen molar-refractivity contribution in [1.82, 2.24) is 0 Å². The normalized spacial score (nSPS) is 12.9. The van der Waals surface area contributed by atoms with E-state index in [0.717, 1.165) is 39.9 Å². The number of carbonyl (C=O) groups is 1. The Bertz CT molecular complexity index is 1050. The van der Waals surface area contributed by atoms with Crippen molar-refractivity contribution >= 4 is 38.5 Å². The molecule has 7 heteroatoms. The van der Waals surface area contributed by atoms with E-state index in [4.69, 9.17) is 13.6 Å². The van der Waals surface area contributed by atoms with E-state index < -0.39 is 16.6 Å². The summed E-state index contributed by atoms with van der Waals surface area (Å²) in [7, 11) is -2.57. The number of hydrogen-bond donors (Lipinski definition) is 0. The van der Waals surface area contributed by atoms with Gasteiger partial charge in [0.05, 0.1) is 12.7 Å². The SMILES string of the molecule is COC(=O)c1ccc(CCc2cc(O[Si](C)(C)C(C)(C)C)ccc2O[Si](C)(C)C(C)(C)C)c(Br)c1. The highest BCUT2D eigenvalue weighted by Crippen LogP contribution is 2.41. The van der Waals surface area contributed by atoms with Crippen molar-refractivity contribution in [2.45, 2.75) is 90.6 Å². The van der Waals surface area contributed by atoms with Gasteiger partial charge in [-0.15, -0.1) is 0 Å². The van der Waals surface area contributed by atoms with Crippen LogP contribution < -0.4 is 8.85 Å². The molecule has 0 unspecified atom stereocenters. The van der Waals surface area contributed by atoms with Crippen LogP contribution in [0.3, 0.4) is 0 Å². The van der Waals surface area contributed by atoms with Crippen LogP contribution in [0.5, 0.6) is 11.5 Å². The van der Waals surface area contributed by atoms with Crippen LogP contribution in [-0.2, 0) is 17.6 Å². The van der Waals surface area contributed by atoms with Crippen molar-refractivity contribution in [2.75, 3.05) is 7.11 Å². The molecule has 0 spiro atoms. The Balaban J connectivity index is 2.40. The van der Waals surface area contributed by atoms with E-state index in [9.17, 15) is 4.79 Å². The van der Waals surface area contributed by atoms with Crippen molar-refractivity contribution in [3.8, 4) is 11.5 Å². The summed E-state index contributed by atoms with van der Waals surface area (Å²) in [5.74, 6) is 1.52.